The number of amides is 1. The number of nitrogens with one attached hydrogen (secondary N) is 1. The van der Waals surface area contributed by atoms with Crippen LogP contribution in [0, 0.1) is 0 Å². The molecule has 0 saturated heterocycles. The van der Waals surface area contributed by atoms with Gasteiger partial charge in [-0.3, -0.25) is 9.78 Å². The first-order valence-electron chi connectivity index (χ1n) is 11.5. The van der Waals surface area contributed by atoms with E-state index in [1.165, 1.54) is 6.20 Å². The number of carbonyl (C=O) groups is 1. The molecule has 0 bridgehead atoms. The van der Waals surface area contributed by atoms with Crippen molar-refractivity contribution in [2.75, 3.05) is 4.31 Å². The predicted octanol–water partition coefficient (Wildman–Crippen LogP) is 5.65. The Balaban J connectivity index is 1.77. The third kappa shape index (κ3) is 5.53. The van der Waals surface area contributed by atoms with Crippen molar-refractivity contribution in [2.24, 2.45) is 0 Å². The van der Waals surface area contributed by atoms with Gasteiger partial charge in [-0.05, 0) is 41.8 Å². The van der Waals surface area contributed by atoms with Crippen LogP contribution in [0.5, 0.6) is 0 Å². The van der Waals surface area contributed by atoms with Gasteiger partial charge in [-0.15, -0.1) is 0 Å². The molecule has 0 spiro atoms. The van der Waals surface area contributed by atoms with Crippen LogP contribution in [0.4, 0.5) is 5.69 Å². The first kappa shape index (κ1) is 24.9. The Morgan fingerprint density at radius 1 is 0.861 bits per heavy atom. The summed E-state index contributed by atoms with van der Waals surface area (Å²) in [7, 11) is -4.08. The van der Waals surface area contributed by atoms with E-state index in [-0.39, 0.29) is 6.04 Å². The average molecular weight is 498 g/mol. The van der Waals surface area contributed by atoms with Crippen LogP contribution >= 0.6 is 0 Å². The Labute approximate surface area is 212 Å². The van der Waals surface area contributed by atoms with Crippen molar-refractivity contribution >= 4 is 21.6 Å². The van der Waals surface area contributed by atoms with E-state index in [1.54, 1.807) is 30.5 Å². The van der Waals surface area contributed by atoms with Gasteiger partial charge in [0.25, 0.3) is 10.0 Å². The van der Waals surface area contributed by atoms with E-state index in [1.807, 2.05) is 79.7 Å². The number of carbonyl (C=O) groups excluding carboxylic acids is 1. The minimum Gasteiger partial charge on any atom is -0.347 e. The predicted molar refractivity (Wildman–Crippen MR) is 143 cm³/mol. The van der Waals surface area contributed by atoms with Crippen LogP contribution in [-0.4, -0.2) is 19.3 Å². The Kier molecular flexibility index (Phi) is 7.61. The highest BCUT2D eigenvalue weighted by atomic mass is 32.2. The summed E-state index contributed by atoms with van der Waals surface area (Å²) in [5.74, 6) is -0.475. The maximum Gasteiger partial charge on any atom is 0.257 e. The van der Waals surface area contributed by atoms with Crippen LogP contribution in [0.15, 0.2) is 121 Å². The molecule has 1 amide bonds. The van der Waals surface area contributed by atoms with E-state index < -0.39 is 22.0 Å². The molecule has 2 atom stereocenters. The molecule has 1 N–H and O–H groups in total. The van der Waals surface area contributed by atoms with E-state index >= 15 is 0 Å². The quantitative estimate of drug-likeness (QED) is 0.324. The minimum atomic E-state index is -4.08. The van der Waals surface area contributed by atoms with Gasteiger partial charge in [-0.2, -0.15) is 0 Å². The van der Waals surface area contributed by atoms with Crippen molar-refractivity contribution in [3.63, 3.8) is 0 Å². The summed E-state index contributed by atoms with van der Waals surface area (Å²) >= 11 is 0. The topological polar surface area (TPSA) is 79.4 Å². The van der Waals surface area contributed by atoms with Crippen LogP contribution in [-0.2, 0) is 14.8 Å². The molecule has 182 valence electrons. The molecule has 1 heterocycles. The summed E-state index contributed by atoms with van der Waals surface area (Å²) in [4.78, 5) is 17.8. The second-order valence-corrected chi connectivity index (χ2v) is 10.0. The molecule has 4 rings (SSSR count). The van der Waals surface area contributed by atoms with Gasteiger partial charge in [0, 0.05) is 23.4 Å². The van der Waals surface area contributed by atoms with E-state index in [4.69, 9.17) is 0 Å². The van der Waals surface area contributed by atoms with Gasteiger partial charge >= 0.3 is 0 Å². The highest BCUT2D eigenvalue weighted by molar-refractivity contribution is 7.95. The van der Waals surface area contributed by atoms with Gasteiger partial charge in [0.1, 0.15) is 0 Å². The van der Waals surface area contributed by atoms with Crippen molar-refractivity contribution in [2.45, 2.75) is 19.0 Å². The molecule has 6 nitrogen and oxygen atoms in total. The van der Waals surface area contributed by atoms with E-state index in [2.05, 4.69) is 16.9 Å². The molecule has 7 heteroatoms. The van der Waals surface area contributed by atoms with Crippen LogP contribution < -0.4 is 9.62 Å². The minimum absolute atomic E-state index is 0.339. The number of sulfonamides is 1. The van der Waals surface area contributed by atoms with E-state index in [9.17, 15) is 13.2 Å². The number of aromatic nitrogens is 1. The Morgan fingerprint density at radius 2 is 1.44 bits per heavy atom. The maximum atomic E-state index is 13.7. The molecule has 0 saturated carbocycles. The molecule has 0 aliphatic carbocycles. The monoisotopic (exact) mass is 497 g/mol. The van der Waals surface area contributed by atoms with Crippen molar-refractivity contribution in [3.8, 4) is 11.1 Å². The molecule has 0 aliphatic heterocycles. The van der Waals surface area contributed by atoms with Crippen molar-refractivity contribution in [1.29, 1.82) is 0 Å². The third-order valence-electron chi connectivity index (χ3n) is 5.86. The highest BCUT2D eigenvalue weighted by Crippen LogP contribution is 2.33. The molecule has 4 aromatic rings. The zero-order valence-electron chi connectivity index (χ0n) is 19.9. The van der Waals surface area contributed by atoms with Crippen LogP contribution in [0.1, 0.15) is 30.1 Å². The van der Waals surface area contributed by atoms with Gasteiger partial charge < -0.3 is 5.32 Å². The van der Waals surface area contributed by atoms with Crippen molar-refractivity contribution < 1.29 is 13.2 Å². The Hall–Kier alpha value is -4.23. The van der Waals surface area contributed by atoms with Crippen LogP contribution in [0.2, 0.25) is 0 Å². The molecule has 0 aliphatic rings. The molecular formula is C29H27N3O3S. The summed E-state index contributed by atoms with van der Waals surface area (Å²) < 4.78 is 27.8. The second-order valence-electron chi connectivity index (χ2n) is 8.25. The molecule has 0 fully saturated rings. The summed E-state index contributed by atoms with van der Waals surface area (Å²) in [6.07, 6.45) is 3.08. The normalized spacial score (nSPS) is 12.8. The zero-order chi connectivity index (χ0) is 25.5. The van der Waals surface area contributed by atoms with Crippen molar-refractivity contribution in [3.05, 3.63) is 133 Å². The number of pyridine rings is 1. The lowest BCUT2D eigenvalue weighted by molar-refractivity contribution is -0.123. The summed E-state index contributed by atoms with van der Waals surface area (Å²) in [6.45, 7) is 5.37. The molecular weight excluding hydrogens is 470 g/mol. The van der Waals surface area contributed by atoms with Crippen molar-refractivity contribution in [1.82, 2.24) is 10.3 Å². The lowest BCUT2D eigenvalue weighted by atomic mass is 10.0. The molecule has 1 aromatic heterocycles. The second kappa shape index (κ2) is 11.0. The van der Waals surface area contributed by atoms with Gasteiger partial charge in [0.05, 0.1) is 11.7 Å². The average Bonchev–Trinajstić information content (AvgIpc) is 2.93. The fraction of sp³-hybridized carbons (Fsp3) is 0.103. The van der Waals surface area contributed by atoms with E-state index in [0.717, 1.165) is 26.4 Å². The fourth-order valence-electron chi connectivity index (χ4n) is 4.00. The molecule has 0 unspecified atom stereocenters. The summed E-state index contributed by atoms with van der Waals surface area (Å²) in [5.41, 5.74) is 3.61. The number of hydrogen-bond donors (Lipinski definition) is 1. The first-order chi connectivity index (χ1) is 17.4. The first-order valence-corrected chi connectivity index (χ1v) is 13.0. The number of hydrogen-bond acceptors (Lipinski definition) is 4. The van der Waals surface area contributed by atoms with Gasteiger partial charge in [-0.25, -0.2) is 12.7 Å². The Morgan fingerprint density at radius 3 is 2.03 bits per heavy atom. The third-order valence-corrected chi connectivity index (χ3v) is 7.25. The molecule has 3 aromatic carbocycles. The molecule has 0 radical (unpaired) electrons. The van der Waals surface area contributed by atoms with Gasteiger partial charge in [0.2, 0.25) is 5.91 Å². The largest absolute Gasteiger partial charge is 0.347 e. The smallest absolute Gasteiger partial charge is 0.257 e. The standard InChI is InChI=1S/C29H27N3O3S/c1-3-36(34,35)32(27-18-16-25(17-19-27)24-13-8-5-9-14-24)28(26-15-10-20-30-21-26)29(33)31-22(2)23-11-6-4-7-12-23/h3-22,28H,1H2,2H3,(H,31,33)/t22-,28-/m0/s1. The summed E-state index contributed by atoms with van der Waals surface area (Å²) in [5, 5.41) is 3.83. The lowest BCUT2D eigenvalue weighted by Crippen LogP contribution is -2.44. The van der Waals surface area contributed by atoms with Gasteiger partial charge in [-0.1, -0.05) is 85.4 Å². The zero-order valence-corrected chi connectivity index (χ0v) is 20.7. The number of anilines is 1. The molecule has 36 heavy (non-hydrogen) atoms. The fourth-order valence-corrected chi connectivity index (χ4v) is 5.09. The van der Waals surface area contributed by atoms with E-state index in [0.29, 0.717) is 11.3 Å². The maximum absolute atomic E-state index is 13.7. The highest BCUT2D eigenvalue weighted by Gasteiger charge is 2.36. The number of rotatable bonds is 9. The summed E-state index contributed by atoms with van der Waals surface area (Å²) in [6, 6.07) is 28.1. The SMILES string of the molecule is C=CS(=O)(=O)N(c1ccc(-c2ccccc2)cc1)[C@H](C(=O)N[C@@H](C)c1ccccc1)c1cccnc1. The van der Waals surface area contributed by atoms with Gasteiger partial charge in [0.15, 0.2) is 6.04 Å². The number of benzene rings is 3. The van der Waals surface area contributed by atoms with Crippen LogP contribution in [0.3, 0.4) is 0 Å². The Bertz CT molecular complexity index is 1410. The van der Waals surface area contributed by atoms with Crippen LogP contribution in [0.25, 0.3) is 11.1 Å². The number of nitrogens with zero attached hydrogens (tertiary/aromatic N) is 2. The lowest BCUT2D eigenvalue weighted by Gasteiger charge is -2.32.